The third-order valence-corrected chi connectivity index (χ3v) is 7.22. The molecule has 178 valence electrons. The van der Waals surface area contributed by atoms with E-state index in [2.05, 4.69) is 41.5 Å². The van der Waals surface area contributed by atoms with E-state index in [1.54, 1.807) is 24.4 Å². The van der Waals surface area contributed by atoms with Gasteiger partial charge in [0.1, 0.15) is 17.9 Å². The number of benzene rings is 3. The van der Waals surface area contributed by atoms with Crippen LogP contribution in [0.3, 0.4) is 0 Å². The molecule has 0 radical (unpaired) electrons. The fourth-order valence-corrected chi connectivity index (χ4v) is 4.85. The summed E-state index contributed by atoms with van der Waals surface area (Å²) in [6.07, 6.45) is 3.14. The fourth-order valence-electron chi connectivity index (χ4n) is 3.54. The fraction of sp³-hybridized carbons (Fsp3) is 0.0370. The molecule has 36 heavy (non-hydrogen) atoms. The number of anilines is 2. The zero-order valence-corrected chi connectivity index (χ0v) is 21.3. The Bertz CT molecular complexity index is 1540. The number of carbonyl (C=O) groups is 1. The van der Waals surface area contributed by atoms with Crippen LogP contribution in [0.25, 0.3) is 11.0 Å². The number of hydrogen-bond donors (Lipinski definition) is 3. The maximum absolute atomic E-state index is 13.0. The lowest BCUT2D eigenvalue weighted by atomic mass is 10.1. The van der Waals surface area contributed by atoms with E-state index in [-0.39, 0.29) is 11.7 Å². The molecule has 0 unspecified atom stereocenters. The number of amides is 1. The Labute approximate surface area is 220 Å². The van der Waals surface area contributed by atoms with Gasteiger partial charge in [-0.1, -0.05) is 45.9 Å². The normalized spacial score (nSPS) is 10.8. The number of phenols is 1. The average Bonchev–Trinajstić information content (AvgIpc) is 2.90. The summed E-state index contributed by atoms with van der Waals surface area (Å²) in [4.78, 5) is 27.8. The van der Waals surface area contributed by atoms with Gasteiger partial charge in [0.25, 0.3) is 5.91 Å². The summed E-state index contributed by atoms with van der Waals surface area (Å²) in [5.41, 5.74) is 2.79. The first-order chi connectivity index (χ1) is 17.6. The van der Waals surface area contributed by atoms with Crippen molar-refractivity contribution in [1.29, 1.82) is 0 Å². The minimum atomic E-state index is -0.191. The van der Waals surface area contributed by atoms with Crippen molar-refractivity contribution in [3.63, 3.8) is 0 Å². The number of nitrogens with zero attached hydrogens (tertiary/aromatic N) is 3. The van der Waals surface area contributed by atoms with Gasteiger partial charge in [-0.2, -0.15) is 0 Å². The second kappa shape index (κ2) is 10.8. The zero-order valence-electron chi connectivity index (χ0n) is 18.9. The van der Waals surface area contributed by atoms with E-state index in [9.17, 15) is 9.90 Å². The molecule has 0 aliphatic heterocycles. The molecule has 5 aromatic rings. The lowest BCUT2D eigenvalue weighted by Gasteiger charge is -2.15. The number of phenolic OH excluding ortho intramolecular Hbond substituents is 1. The van der Waals surface area contributed by atoms with E-state index in [1.807, 2.05) is 60.7 Å². The number of hydrogen-bond acceptors (Lipinski definition) is 7. The van der Waals surface area contributed by atoms with Crippen LogP contribution in [0, 0.1) is 0 Å². The number of aromatic hydroxyl groups is 1. The van der Waals surface area contributed by atoms with Crippen molar-refractivity contribution in [1.82, 2.24) is 20.3 Å². The summed E-state index contributed by atoms with van der Waals surface area (Å²) >= 11 is 5.03. The number of fused-ring (bicyclic) bond motifs is 1. The summed E-state index contributed by atoms with van der Waals surface area (Å²) in [5, 5.41) is 16.8. The van der Waals surface area contributed by atoms with E-state index >= 15 is 0 Å². The van der Waals surface area contributed by atoms with Crippen LogP contribution >= 0.6 is 27.7 Å². The van der Waals surface area contributed by atoms with E-state index in [4.69, 9.17) is 0 Å². The summed E-state index contributed by atoms with van der Waals surface area (Å²) in [7, 11) is 0. The molecule has 2 aromatic heterocycles. The van der Waals surface area contributed by atoms with Crippen LogP contribution in [-0.4, -0.2) is 26.0 Å². The molecule has 1 amide bonds. The molecule has 5 rings (SSSR count). The van der Waals surface area contributed by atoms with Crippen LogP contribution in [0.2, 0.25) is 0 Å². The monoisotopic (exact) mass is 557 g/mol. The highest BCUT2D eigenvalue weighted by Crippen LogP contribution is 2.36. The summed E-state index contributed by atoms with van der Waals surface area (Å²) < 4.78 is 0.942. The summed E-state index contributed by atoms with van der Waals surface area (Å²) in [6, 6.07) is 24.0. The Kier molecular flexibility index (Phi) is 7.11. The maximum atomic E-state index is 13.0. The highest BCUT2D eigenvalue weighted by Gasteiger charge is 2.14. The third kappa shape index (κ3) is 5.48. The second-order valence-electron chi connectivity index (χ2n) is 7.80. The van der Waals surface area contributed by atoms with Gasteiger partial charge in [-0.3, -0.25) is 4.79 Å². The number of pyridine rings is 1. The molecule has 0 saturated heterocycles. The number of carbonyl (C=O) groups excluding carboxylic acids is 1. The van der Waals surface area contributed by atoms with Crippen molar-refractivity contribution in [2.75, 3.05) is 5.32 Å². The first-order valence-corrected chi connectivity index (χ1v) is 12.6. The Balaban J connectivity index is 1.46. The zero-order chi connectivity index (χ0) is 24.9. The standard InChI is InChI=1S/C27H20BrN5O2S/c28-22-6-2-1-4-18(22)15-30-27(35)17-7-12-24(36-20-10-8-19(34)9-11-20)23(14-17)33-26-21-5-3-13-29-25(21)31-16-32-26/h1-14,16,34H,15H2,(H,30,35)(H,29,31,32,33). The Morgan fingerprint density at radius 3 is 2.61 bits per heavy atom. The number of rotatable bonds is 7. The number of nitrogens with one attached hydrogen (secondary N) is 2. The molecular formula is C27H20BrN5O2S. The van der Waals surface area contributed by atoms with Crippen molar-refractivity contribution in [3.8, 4) is 5.75 Å². The molecule has 2 heterocycles. The van der Waals surface area contributed by atoms with Crippen molar-refractivity contribution in [2.24, 2.45) is 0 Å². The quantitative estimate of drug-likeness (QED) is 0.215. The Morgan fingerprint density at radius 1 is 0.944 bits per heavy atom. The summed E-state index contributed by atoms with van der Waals surface area (Å²) in [6.45, 7) is 0.398. The van der Waals surface area contributed by atoms with E-state index in [1.165, 1.54) is 18.1 Å². The molecule has 9 heteroatoms. The molecule has 0 fully saturated rings. The van der Waals surface area contributed by atoms with Crippen LogP contribution in [0.15, 0.2) is 106 Å². The highest BCUT2D eigenvalue weighted by molar-refractivity contribution is 9.10. The molecule has 3 aromatic carbocycles. The van der Waals surface area contributed by atoms with Gasteiger partial charge in [0.15, 0.2) is 5.65 Å². The van der Waals surface area contributed by atoms with Gasteiger partial charge < -0.3 is 15.7 Å². The topological polar surface area (TPSA) is 100 Å². The van der Waals surface area contributed by atoms with Crippen molar-refractivity contribution in [3.05, 3.63) is 107 Å². The van der Waals surface area contributed by atoms with Gasteiger partial charge in [-0.25, -0.2) is 15.0 Å². The molecule has 0 spiro atoms. The van der Waals surface area contributed by atoms with E-state index in [0.29, 0.717) is 29.3 Å². The van der Waals surface area contributed by atoms with Crippen LogP contribution in [0.5, 0.6) is 5.75 Å². The molecule has 3 N–H and O–H groups in total. The molecule has 0 atom stereocenters. The number of halogens is 1. The maximum Gasteiger partial charge on any atom is 0.251 e. The number of aromatic nitrogens is 3. The lowest BCUT2D eigenvalue weighted by Crippen LogP contribution is -2.23. The average molecular weight is 558 g/mol. The van der Waals surface area contributed by atoms with Gasteiger partial charge in [0.05, 0.1) is 11.1 Å². The Hall–Kier alpha value is -3.95. The molecule has 0 aliphatic carbocycles. The van der Waals surface area contributed by atoms with E-state index < -0.39 is 0 Å². The van der Waals surface area contributed by atoms with Crippen LogP contribution in [0.1, 0.15) is 15.9 Å². The highest BCUT2D eigenvalue weighted by atomic mass is 79.9. The SMILES string of the molecule is O=C(NCc1ccccc1Br)c1ccc(Sc2ccc(O)cc2)c(Nc2ncnc3ncccc23)c1. The van der Waals surface area contributed by atoms with Crippen LogP contribution in [0.4, 0.5) is 11.5 Å². The van der Waals surface area contributed by atoms with Crippen molar-refractivity contribution in [2.45, 2.75) is 16.3 Å². The van der Waals surface area contributed by atoms with Crippen LogP contribution in [-0.2, 0) is 6.54 Å². The van der Waals surface area contributed by atoms with Crippen LogP contribution < -0.4 is 10.6 Å². The molecule has 0 aliphatic rings. The van der Waals surface area contributed by atoms with Gasteiger partial charge in [-0.15, -0.1) is 0 Å². The minimum Gasteiger partial charge on any atom is -0.508 e. The lowest BCUT2D eigenvalue weighted by molar-refractivity contribution is 0.0951. The largest absolute Gasteiger partial charge is 0.508 e. The molecule has 0 saturated carbocycles. The molecule has 7 nitrogen and oxygen atoms in total. The van der Waals surface area contributed by atoms with Crippen molar-refractivity contribution >= 4 is 56.1 Å². The van der Waals surface area contributed by atoms with Gasteiger partial charge in [0.2, 0.25) is 0 Å². The predicted molar refractivity (Wildman–Crippen MR) is 145 cm³/mol. The van der Waals surface area contributed by atoms with E-state index in [0.717, 1.165) is 25.2 Å². The first-order valence-electron chi connectivity index (χ1n) is 11.0. The second-order valence-corrected chi connectivity index (χ2v) is 9.77. The van der Waals surface area contributed by atoms with Gasteiger partial charge in [-0.05, 0) is 66.2 Å². The molecular weight excluding hydrogens is 538 g/mol. The first kappa shape index (κ1) is 23.8. The minimum absolute atomic E-state index is 0.191. The van der Waals surface area contributed by atoms with Gasteiger partial charge in [0, 0.05) is 32.6 Å². The smallest absolute Gasteiger partial charge is 0.251 e. The molecule has 0 bridgehead atoms. The predicted octanol–water partition coefficient (Wildman–Crippen LogP) is 6.32. The summed E-state index contributed by atoms with van der Waals surface area (Å²) in [5.74, 6) is 0.602. The van der Waals surface area contributed by atoms with Crippen molar-refractivity contribution < 1.29 is 9.90 Å². The van der Waals surface area contributed by atoms with Gasteiger partial charge >= 0.3 is 0 Å². The Morgan fingerprint density at radius 2 is 1.78 bits per heavy atom. The third-order valence-electron chi connectivity index (χ3n) is 5.37.